The number of pyridine rings is 1. The van der Waals surface area contributed by atoms with Crippen LogP contribution in [0.15, 0.2) is 47.4 Å². The van der Waals surface area contributed by atoms with E-state index in [1.807, 2.05) is 37.3 Å². The first-order valence-electron chi connectivity index (χ1n) is 11.1. The normalized spacial score (nSPS) is 22.9. The van der Waals surface area contributed by atoms with Crippen LogP contribution in [0.2, 0.25) is 0 Å². The molecule has 6 heteroatoms. The number of carbonyl (C=O) groups excluding carboxylic acids is 1. The average Bonchev–Trinajstić information content (AvgIpc) is 3.54. The molecule has 1 aromatic heterocycles. The lowest BCUT2D eigenvalue weighted by atomic mass is 9.81. The zero-order chi connectivity index (χ0) is 22.4. The molecule has 2 aliphatic rings. The molecule has 1 aliphatic carbocycles. The monoisotopic (exact) mass is 424 g/mol. The van der Waals surface area contributed by atoms with Gasteiger partial charge in [-0.15, -0.1) is 0 Å². The van der Waals surface area contributed by atoms with Gasteiger partial charge in [0, 0.05) is 38.7 Å². The third-order valence-electron chi connectivity index (χ3n) is 6.65. The van der Waals surface area contributed by atoms with E-state index in [0.29, 0.717) is 18.9 Å². The molecular formula is C25H32N2O4. The topological polar surface area (TPSA) is 71.8 Å². The number of hydrogen-bond donors (Lipinski definition) is 1. The largest absolute Gasteiger partial charge is 0.442 e. The van der Waals surface area contributed by atoms with Gasteiger partial charge in [-0.3, -0.25) is 4.79 Å². The minimum absolute atomic E-state index is 0.0452. The molecule has 1 aliphatic heterocycles. The number of nitrogens with zero attached hydrogens (tertiary/aromatic N) is 2. The number of carbonyl (C=O) groups is 1. The highest BCUT2D eigenvalue weighted by Crippen LogP contribution is 2.50. The number of hydrogen-bond acceptors (Lipinski definition) is 4. The average molecular weight is 425 g/mol. The number of aromatic nitrogens is 1. The fourth-order valence-corrected chi connectivity index (χ4v) is 4.80. The summed E-state index contributed by atoms with van der Waals surface area (Å²) in [6.07, 6.45) is 4.79. The minimum Gasteiger partial charge on any atom is -0.442 e. The van der Waals surface area contributed by atoms with E-state index in [2.05, 4.69) is 0 Å². The number of rotatable bonds is 6. The van der Waals surface area contributed by atoms with Crippen LogP contribution in [0.1, 0.15) is 58.1 Å². The Morgan fingerprint density at radius 3 is 2.39 bits per heavy atom. The molecule has 0 spiro atoms. The number of ether oxygens (including phenoxy) is 1. The van der Waals surface area contributed by atoms with E-state index in [1.54, 1.807) is 42.6 Å². The van der Waals surface area contributed by atoms with Gasteiger partial charge in [-0.25, -0.2) is 4.79 Å². The van der Waals surface area contributed by atoms with Gasteiger partial charge in [0.1, 0.15) is 5.60 Å². The summed E-state index contributed by atoms with van der Waals surface area (Å²) < 4.78 is 7.58. The Balaban J connectivity index is 1.48. The molecule has 2 heterocycles. The number of aliphatic hydroxyl groups is 1. The molecule has 1 saturated heterocycles. The summed E-state index contributed by atoms with van der Waals surface area (Å²) in [5, 5.41) is 10.4. The van der Waals surface area contributed by atoms with Gasteiger partial charge in [0.25, 0.3) is 5.56 Å². The highest BCUT2D eigenvalue weighted by atomic mass is 16.6. The highest BCUT2D eigenvalue weighted by Gasteiger charge is 2.53. The van der Waals surface area contributed by atoms with Crippen molar-refractivity contribution in [2.24, 2.45) is 13.0 Å². The van der Waals surface area contributed by atoms with E-state index >= 15 is 0 Å². The highest BCUT2D eigenvalue weighted by molar-refractivity contribution is 5.70. The van der Waals surface area contributed by atoms with Gasteiger partial charge in [0.05, 0.1) is 11.6 Å². The zero-order valence-electron chi connectivity index (χ0n) is 18.8. The van der Waals surface area contributed by atoms with Crippen molar-refractivity contribution in [2.75, 3.05) is 6.54 Å². The maximum Gasteiger partial charge on any atom is 0.410 e. The van der Waals surface area contributed by atoms with Crippen molar-refractivity contribution >= 4 is 6.09 Å². The van der Waals surface area contributed by atoms with Crippen LogP contribution in [0.3, 0.4) is 0 Å². The zero-order valence-corrected chi connectivity index (χ0v) is 18.8. The smallest absolute Gasteiger partial charge is 0.410 e. The molecule has 2 aromatic rings. The molecule has 166 valence electrons. The maximum absolute atomic E-state index is 13.0. The molecule has 2 atom stereocenters. The minimum atomic E-state index is -0.870. The fourth-order valence-electron chi connectivity index (χ4n) is 4.80. The maximum atomic E-state index is 13.0. The molecule has 1 aromatic carbocycles. The summed E-state index contributed by atoms with van der Waals surface area (Å²) in [6, 6.07) is 11.4. The third kappa shape index (κ3) is 4.54. The van der Waals surface area contributed by atoms with Crippen molar-refractivity contribution in [2.45, 2.75) is 63.7 Å². The Bertz CT molecular complexity index is 1020. The van der Waals surface area contributed by atoms with Gasteiger partial charge < -0.3 is 19.3 Å². The van der Waals surface area contributed by atoms with Crippen LogP contribution in [-0.2, 0) is 11.8 Å². The predicted molar refractivity (Wildman–Crippen MR) is 120 cm³/mol. The van der Waals surface area contributed by atoms with Crippen LogP contribution in [0.25, 0.3) is 11.1 Å². The Morgan fingerprint density at radius 1 is 1.16 bits per heavy atom. The molecule has 0 bridgehead atoms. The molecule has 2 fully saturated rings. The Kier molecular flexibility index (Phi) is 5.46. The molecule has 1 unspecified atom stereocenters. The van der Waals surface area contributed by atoms with Crippen LogP contribution in [-0.4, -0.2) is 38.4 Å². The summed E-state index contributed by atoms with van der Waals surface area (Å²) in [7, 11) is 1.73. The van der Waals surface area contributed by atoms with Crippen molar-refractivity contribution in [3.8, 4) is 11.1 Å². The van der Waals surface area contributed by atoms with Crippen molar-refractivity contribution in [3.05, 3.63) is 58.5 Å². The molecule has 6 nitrogen and oxygen atoms in total. The van der Waals surface area contributed by atoms with E-state index in [4.69, 9.17) is 4.74 Å². The van der Waals surface area contributed by atoms with Crippen LogP contribution < -0.4 is 5.56 Å². The number of cyclic esters (lactones) is 1. The lowest BCUT2D eigenvalue weighted by Gasteiger charge is -2.45. The standard InChI is InChI=1S/C25H32N2O4/c1-17(18-5-7-19(8-6-18)20-11-13-26(4)22(28)15-20)27-14-12-25(21-9-10-21,31-23(27)29)16-24(2,3)30/h5-8,11,13,15,17,21,30H,9-10,12,14,16H2,1-4H3/t17-,25?/m0/s1. The van der Waals surface area contributed by atoms with Gasteiger partial charge in [0.2, 0.25) is 0 Å². The molecule has 31 heavy (non-hydrogen) atoms. The summed E-state index contributed by atoms with van der Waals surface area (Å²) in [4.78, 5) is 26.7. The third-order valence-corrected chi connectivity index (χ3v) is 6.65. The van der Waals surface area contributed by atoms with Crippen LogP contribution >= 0.6 is 0 Å². The molecular weight excluding hydrogens is 392 g/mol. The van der Waals surface area contributed by atoms with E-state index in [9.17, 15) is 14.7 Å². The Morgan fingerprint density at radius 2 is 1.84 bits per heavy atom. The fraction of sp³-hybridized carbons (Fsp3) is 0.520. The van der Waals surface area contributed by atoms with Crippen molar-refractivity contribution in [1.29, 1.82) is 0 Å². The van der Waals surface area contributed by atoms with Crippen molar-refractivity contribution in [1.82, 2.24) is 9.47 Å². The number of amides is 1. The second-order valence-electron chi connectivity index (χ2n) is 9.80. The van der Waals surface area contributed by atoms with Crippen molar-refractivity contribution < 1.29 is 14.6 Å². The Labute approximate surface area is 183 Å². The summed E-state index contributed by atoms with van der Waals surface area (Å²) in [6.45, 7) is 6.19. The van der Waals surface area contributed by atoms with Gasteiger partial charge in [0.15, 0.2) is 0 Å². The Hall–Kier alpha value is -2.60. The predicted octanol–water partition coefficient (Wildman–Crippen LogP) is 4.27. The molecule has 0 radical (unpaired) electrons. The van der Waals surface area contributed by atoms with Gasteiger partial charge in [-0.2, -0.15) is 0 Å². The molecule has 1 N–H and O–H groups in total. The second-order valence-corrected chi connectivity index (χ2v) is 9.80. The summed E-state index contributed by atoms with van der Waals surface area (Å²) >= 11 is 0. The van der Waals surface area contributed by atoms with E-state index < -0.39 is 11.2 Å². The molecule has 1 saturated carbocycles. The summed E-state index contributed by atoms with van der Waals surface area (Å²) in [5.74, 6) is 0.359. The number of benzene rings is 1. The van der Waals surface area contributed by atoms with Gasteiger partial charge in [-0.05, 0) is 62.3 Å². The molecule has 4 rings (SSSR count). The first-order chi connectivity index (χ1) is 14.6. The SMILES string of the molecule is C[C@@H](c1ccc(-c2ccn(C)c(=O)c2)cc1)N1CCC(CC(C)(C)O)(C2CC2)OC1=O. The van der Waals surface area contributed by atoms with Crippen LogP contribution in [0.5, 0.6) is 0 Å². The van der Waals surface area contributed by atoms with Crippen LogP contribution in [0, 0.1) is 5.92 Å². The number of aryl methyl sites for hydroxylation is 1. The van der Waals surface area contributed by atoms with E-state index in [1.165, 1.54) is 0 Å². The lowest BCUT2D eigenvalue weighted by Crippen LogP contribution is -2.54. The molecule has 1 amide bonds. The quantitative estimate of drug-likeness (QED) is 0.752. The van der Waals surface area contributed by atoms with Gasteiger partial charge >= 0.3 is 6.09 Å². The second kappa shape index (κ2) is 7.83. The summed E-state index contributed by atoms with van der Waals surface area (Å²) in [5.41, 5.74) is 1.40. The first kappa shape index (κ1) is 21.6. The van der Waals surface area contributed by atoms with Crippen LogP contribution in [0.4, 0.5) is 4.79 Å². The lowest BCUT2D eigenvalue weighted by molar-refractivity contribution is -0.108. The van der Waals surface area contributed by atoms with Crippen molar-refractivity contribution in [3.63, 3.8) is 0 Å². The van der Waals surface area contributed by atoms with Gasteiger partial charge in [-0.1, -0.05) is 24.3 Å². The first-order valence-corrected chi connectivity index (χ1v) is 11.1. The van der Waals surface area contributed by atoms with E-state index in [0.717, 1.165) is 36.0 Å². The van der Waals surface area contributed by atoms with E-state index in [-0.39, 0.29) is 17.7 Å².